The molecule has 0 spiro atoms. The largest absolute Gasteiger partial charge is 0.480 e. The van der Waals surface area contributed by atoms with Crippen LogP contribution in [0.1, 0.15) is 32.1 Å². The van der Waals surface area contributed by atoms with E-state index in [0.717, 1.165) is 32.1 Å². The van der Waals surface area contributed by atoms with Crippen LogP contribution in [0.4, 0.5) is 0 Å². The Kier molecular flexibility index (Phi) is 1.63. The van der Waals surface area contributed by atoms with E-state index in [-0.39, 0.29) is 17.4 Å². The van der Waals surface area contributed by atoms with Crippen molar-refractivity contribution in [1.82, 2.24) is 0 Å². The van der Waals surface area contributed by atoms with E-state index in [1.54, 1.807) is 0 Å². The summed E-state index contributed by atoms with van der Waals surface area (Å²) in [7, 11) is 0. The van der Waals surface area contributed by atoms with E-state index in [0.29, 0.717) is 5.92 Å². The SMILES string of the molecule is NC12CC3C[C@H](C1)C(N)(C(=O)O)[C@H](C3)C2. The number of carbonyl (C=O) groups is 1. The standard InChI is InChI=1S/C11H18N2O2/c12-10-3-6-1-7(4-10)11(13,9(14)15)8(2-6)5-10/h6-8H,1-5,12-13H2,(H,14,15)/t6?,7-,8-,10?,11?/m1/s1. The van der Waals surface area contributed by atoms with E-state index in [2.05, 4.69) is 0 Å². The summed E-state index contributed by atoms with van der Waals surface area (Å²) in [5.74, 6) is 0.0147. The third-order valence-electron chi connectivity index (χ3n) is 4.96. The van der Waals surface area contributed by atoms with Crippen molar-refractivity contribution in [1.29, 1.82) is 0 Å². The average molecular weight is 210 g/mol. The number of nitrogens with two attached hydrogens (primary N) is 2. The molecule has 4 aliphatic carbocycles. The molecule has 0 aromatic heterocycles. The zero-order chi connectivity index (χ0) is 10.8. The molecule has 0 aliphatic heterocycles. The van der Waals surface area contributed by atoms with Crippen LogP contribution in [0.5, 0.6) is 0 Å². The molecule has 0 amide bonds. The molecule has 84 valence electrons. The van der Waals surface area contributed by atoms with Gasteiger partial charge in [0.1, 0.15) is 5.54 Å². The summed E-state index contributed by atoms with van der Waals surface area (Å²) >= 11 is 0. The summed E-state index contributed by atoms with van der Waals surface area (Å²) in [5.41, 5.74) is 11.3. The van der Waals surface area contributed by atoms with Crippen molar-refractivity contribution in [3.05, 3.63) is 0 Å². The Hall–Kier alpha value is -0.610. The normalized spacial score (nSPS) is 57.1. The first-order valence-electron chi connectivity index (χ1n) is 5.75. The van der Waals surface area contributed by atoms with Crippen LogP contribution in [0.15, 0.2) is 0 Å². The maximum atomic E-state index is 11.3. The summed E-state index contributed by atoms with van der Waals surface area (Å²) in [6, 6.07) is 0. The third-order valence-corrected chi connectivity index (χ3v) is 4.96. The summed E-state index contributed by atoms with van der Waals surface area (Å²) in [6.07, 6.45) is 4.64. The van der Waals surface area contributed by atoms with E-state index in [4.69, 9.17) is 11.5 Å². The molecule has 4 aliphatic rings. The molecule has 2 atom stereocenters. The van der Waals surface area contributed by atoms with Gasteiger partial charge in [-0.15, -0.1) is 0 Å². The van der Waals surface area contributed by atoms with Crippen molar-refractivity contribution in [2.75, 3.05) is 0 Å². The van der Waals surface area contributed by atoms with E-state index in [1.165, 1.54) is 0 Å². The molecular formula is C11H18N2O2. The molecule has 4 bridgehead atoms. The highest BCUT2D eigenvalue weighted by Gasteiger charge is 2.62. The van der Waals surface area contributed by atoms with Gasteiger partial charge in [-0.25, -0.2) is 0 Å². The lowest BCUT2D eigenvalue weighted by Gasteiger charge is -2.61. The Bertz CT molecular complexity index is 313. The second kappa shape index (κ2) is 2.55. The van der Waals surface area contributed by atoms with Crippen LogP contribution in [0.3, 0.4) is 0 Å². The van der Waals surface area contributed by atoms with E-state index in [1.807, 2.05) is 0 Å². The molecule has 15 heavy (non-hydrogen) atoms. The Labute approximate surface area is 89.0 Å². The topological polar surface area (TPSA) is 89.3 Å². The number of hydrogen-bond donors (Lipinski definition) is 3. The first-order chi connectivity index (χ1) is 6.94. The molecule has 5 N–H and O–H groups in total. The predicted molar refractivity (Wildman–Crippen MR) is 55.0 cm³/mol. The van der Waals surface area contributed by atoms with Crippen molar-refractivity contribution in [2.45, 2.75) is 43.2 Å². The number of aliphatic carboxylic acids is 1. The van der Waals surface area contributed by atoms with Gasteiger partial charge in [0, 0.05) is 5.54 Å². The predicted octanol–water partition coefficient (Wildman–Crippen LogP) is 0.306. The molecule has 4 rings (SSSR count). The first kappa shape index (κ1) is 9.60. The van der Waals surface area contributed by atoms with Crippen LogP contribution in [0, 0.1) is 17.8 Å². The van der Waals surface area contributed by atoms with Gasteiger partial charge in [-0.3, -0.25) is 4.79 Å². The molecule has 0 radical (unpaired) electrons. The molecule has 0 aromatic rings. The Morgan fingerprint density at radius 2 is 1.67 bits per heavy atom. The van der Waals surface area contributed by atoms with Gasteiger partial charge in [0.05, 0.1) is 0 Å². The summed E-state index contributed by atoms with van der Waals surface area (Å²) < 4.78 is 0. The average Bonchev–Trinajstić information content (AvgIpc) is 2.10. The number of carboxylic acids is 1. The Morgan fingerprint density at radius 3 is 2.07 bits per heavy atom. The van der Waals surface area contributed by atoms with Crippen LogP contribution < -0.4 is 11.5 Å². The fraction of sp³-hybridized carbons (Fsp3) is 0.909. The van der Waals surface area contributed by atoms with Gasteiger partial charge < -0.3 is 16.6 Å². The Balaban J connectivity index is 2.01. The van der Waals surface area contributed by atoms with Crippen LogP contribution in [-0.2, 0) is 4.79 Å². The fourth-order valence-corrected chi connectivity index (χ4v) is 4.45. The van der Waals surface area contributed by atoms with Gasteiger partial charge in [0.2, 0.25) is 0 Å². The summed E-state index contributed by atoms with van der Waals surface area (Å²) in [4.78, 5) is 11.3. The van der Waals surface area contributed by atoms with Crippen LogP contribution in [0.25, 0.3) is 0 Å². The van der Waals surface area contributed by atoms with Crippen LogP contribution >= 0.6 is 0 Å². The minimum atomic E-state index is -0.986. The first-order valence-corrected chi connectivity index (χ1v) is 5.75. The van der Waals surface area contributed by atoms with Crippen molar-refractivity contribution in [3.63, 3.8) is 0 Å². The van der Waals surface area contributed by atoms with Crippen LogP contribution in [-0.4, -0.2) is 22.2 Å². The summed E-state index contributed by atoms with van der Waals surface area (Å²) in [6.45, 7) is 0. The summed E-state index contributed by atoms with van der Waals surface area (Å²) in [5, 5.41) is 9.32. The van der Waals surface area contributed by atoms with Gasteiger partial charge in [-0.05, 0) is 49.9 Å². The smallest absolute Gasteiger partial charge is 0.324 e. The number of carboxylic acid groups (broad SMARTS) is 1. The highest BCUT2D eigenvalue weighted by molar-refractivity contribution is 5.80. The minimum Gasteiger partial charge on any atom is -0.480 e. The van der Waals surface area contributed by atoms with Crippen molar-refractivity contribution < 1.29 is 9.90 Å². The highest BCUT2D eigenvalue weighted by atomic mass is 16.4. The van der Waals surface area contributed by atoms with E-state index >= 15 is 0 Å². The van der Waals surface area contributed by atoms with Gasteiger partial charge in [0.25, 0.3) is 0 Å². The van der Waals surface area contributed by atoms with E-state index in [9.17, 15) is 9.90 Å². The Morgan fingerprint density at radius 1 is 1.13 bits per heavy atom. The van der Waals surface area contributed by atoms with E-state index < -0.39 is 11.5 Å². The van der Waals surface area contributed by atoms with Gasteiger partial charge >= 0.3 is 5.97 Å². The molecule has 4 heteroatoms. The maximum absolute atomic E-state index is 11.3. The van der Waals surface area contributed by atoms with Gasteiger partial charge in [-0.1, -0.05) is 0 Å². The lowest BCUT2D eigenvalue weighted by Crippen LogP contribution is -2.72. The zero-order valence-electron chi connectivity index (χ0n) is 8.78. The third kappa shape index (κ3) is 1.06. The second-order valence-corrected chi connectivity index (χ2v) is 5.94. The molecule has 0 unspecified atom stereocenters. The zero-order valence-corrected chi connectivity index (χ0v) is 8.78. The molecule has 0 saturated heterocycles. The van der Waals surface area contributed by atoms with Crippen LogP contribution in [0.2, 0.25) is 0 Å². The van der Waals surface area contributed by atoms with Crippen molar-refractivity contribution >= 4 is 5.97 Å². The molecule has 0 heterocycles. The molecule has 4 saturated carbocycles. The monoisotopic (exact) mass is 210 g/mol. The van der Waals surface area contributed by atoms with Crippen molar-refractivity contribution in [3.8, 4) is 0 Å². The molecule has 4 nitrogen and oxygen atoms in total. The van der Waals surface area contributed by atoms with Gasteiger partial charge in [0.15, 0.2) is 0 Å². The maximum Gasteiger partial charge on any atom is 0.324 e. The fourth-order valence-electron chi connectivity index (χ4n) is 4.45. The lowest BCUT2D eigenvalue weighted by molar-refractivity contribution is -0.161. The molecular weight excluding hydrogens is 192 g/mol. The number of hydrogen-bond acceptors (Lipinski definition) is 3. The van der Waals surface area contributed by atoms with Crippen molar-refractivity contribution in [2.24, 2.45) is 29.2 Å². The molecule has 0 aromatic carbocycles. The quantitative estimate of drug-likeness (QED) is 0.581. The molecule has 4 fully saturated rings. The number of rotatable bonds is 1. The highest BCUT2D eigenvalue weighted by Crippen LogP contribution is 2.58. The lowest BCUT2D eigenvalue weighted by atomic mass is 9.46. The minimum absolute atomic E-state index is 0.102. The second-order valence-electron chi connectivity index (χ2n) is 5.94. The van der Waals surface area contributed by atoms with Gasteiger partial charge in [-0.2, -0.15) is 0 Å².